The summed E-state index contributed by atoms with van der Waals surface area (Å²) in [5, 5.41) is 11.7. The quantitative estimate of drug-likeness (QED) is 0.655. The minimum absolute atomic E-state index is 0.0349. The fraction of sp³-hybridized carbons (Fsp3) is 0.0526. The van der Waals surface area contributed by atoms with Gasteiger partial charge in [-0.25, -0.2) is 9.79 Å². The summed E-state index contributed by atoms with van der Waals surface area (Å²) in [6, 6.07) is 14.3. The first-order valence-electron chi connectivity index (χ1n) is 7.50. The molecule has 1 N–H and O–H groups in total. The fourth-order valence-corrected chi connectivity index (χ4v) is 3.61. The molecule has 2 aromatic carbocycles. The molecule has 0 saturated heterocycles. The second-order valence-corrected chi connectivity index (χ2v) is 7.10. The lowest BCUT2D eigenvalue weighted by Gasteiger charge is -2.01. The molecule has 0 saturated carbocycles. The number of rotatable bonds is 3. The second kappa shape index (κ2) is 7.99. The molecule has 0 radical (unpaired) electrons. The van der Waals surface area contributed by atoms with E-state index >= 15 is 0 Å². The Hall–Kier alpha value is -2.21. The van der Waals surface area contributed by atoms with Crippen LogP contribution in [0.2, 0.25) is 10.0 Å². The van der Waals surface area contributed by atoms with E-state index in [4.69, 9.17) is 27.9 Å². The summed E-state index contributed by atoms with van der Waals surface area (Å²) in [6.45, 7) is 0. The number of aliphatic hydroxyl groups is 1. The van der Waals surface area contributed by atoms with Gasteiger partial charge in [0.25, 0.3) is 0 Å². The maximum Gasteiger partial charge on any atom is 0.344 e. The van der Waals surface area contributed by atoms with Crippen LogP contribution in [0.25, 0.3) is 6.08 Å². The van der Waals surface area contributed by atoms with E-state index in [0.29, 0.717) is 25.7 Å². The van der Waals surface area contributed by atoms with E-state index in [1.165, 1.54) is 18.9 Å². The van der Waals surface area contributed by atoms with Crippen LogP contribution in [-0.4, -0.2) is 23.2 Å². The van der Waals surface area contributed by atoms with E-state index in [-0.39, 0.29) is 11.3 Å². The molecule has 0 amide bonds. The zero-order valence-corrected chi connectivity index (χ0v) is 15.9. The van der Waals surface area contributed by atoms with Crippen molar-refractivity contribution in [3.8, 4) is 0 Å². The van der Waals surface area contributed by atoms with Crippen molar-refractivity contribution in [2.24, 2.45) is 4.99 Å². The topological polar surface area (TPSA) is 58.9 Å². The van der Waals surface area contributed by atoms with Gasteiger partial charge in [-0.1, -0.05) is 59.2 Å². The minimum Gasteiger partial charge on any atom is -0.506 e. The lowest BCUT2D eigenvalue weighted by atomic mass is 10.1. The molecule has 0 aromatic heterocycles. The molecule has 0 unspecified atom stereocenters. The molecule has 7 heteroatoms. The van der Waals surface area contributed by atoms with E-state index in [0.717, 1.165) is 5.56 Å². The Labute approximate surface area is 164 Å². The highest BCUT2D eigenvalue weighted by Gasteiger charge is 2.32. The van der Waals surface area contributed by atoms with E-state index in [1.54, 1.807) is 36.4 Å². The average molecular weight is 406 g/mol. The van der Waals surface area contributed by atoms with Crippen molar-refractivity contribution in [2.75, 3.05) is 7.11 Å². The van der Waals surface area contributed by atoms with Gasteiger partial charge in [0, 0.05) is 0 Å². The number of carbonyl (C=O) groups is 1. The highest BCUT2D eigenvalue weighted by molar-refractivity contribution is 8.18. The molecule has 132 valence electrons. The fourth-order valence-electron chi connectivity index (χ4n) is 2.26. The Morgan fingerprint density at radius 2 is 1.88 bits per heavy atom. The Morgan fingerprint density at radius 3 is 2.54 bits per heavy atom. The first kappa shape index (κ1) is 18.6. The molecular formula is C19H13Cl2NO3S. The number of hydrogen-bond donors (Lipinski definition) is 1. The molecule has 3 rings (SSSR count). The van der Waals surface area contributed by atoms with E-state index < -0.39 is 5.97 Å². The number of methoxy groups -OCH3 is 1. The molecule has 0 bridgehead atoms. The number of hydrogen-bond acceptors (Lipinski definition) is 5. The molecule has 26 heavy (non-hydrogen) atoms. The van der Waals surface area contributed by atoms with Crippen LogP contribution in [0.1, 0.15) is 5.56 Å². The Bertz CT molecular complexity index is 953. The molecule has 1 aliphatic rings. The largest absolute Gasteiger partial charge is 0.506 e. The van der Waals surface area contributed by atoms with E-state index in [9.17, 15) is 9.90 Å². The predicted octanol–water partition coefficient (Wildman–Crippen LogP) is 5.80. The molecule has 0 spiro atoms. The third-order valence-electron chi connectivity index (χ3n) is 3.51. The number of esters is 1. The van der Waals surface area contributed by atoms with Gasteiger partial charge in [-0.2, -0.15) is 0 Å². The van der Waals surface area contributed by atoms with Crippen LogP contribution in [-0.2, 0) is 9.53 Å². The maximum atomic E-state index is 12.1. The second-order valence-electron chi connectivity index (χ2n) is 5.25. The van der Waals surface area contributed by atoms with Crippen molar-refractivity contribution in [2.45, 2.75) is 0 Å². The molecule has 4 nitrogen and oxygen atoms in total. The summed E-state index contributed by atoms with van der Waals surface area (Å²) in [5.74, 6) is -0.829. The Balaban J connectivity index is 2.04. The molecule has 0 atom stereocenters. The predicted molar refractivity (Wildman–Crippen MR) is 107 cm³/mol. The van der Waals surface area contributed by atoms with Gasteiger partial charge in [0.05, 0.1) is 27.7 Å². The average Bonchev–Trinajstić information content (AvgIpc) is 2.93. The zero-order valence-electron chi connectivity index (χ0n) is 13.6. The van der Waals surface area contributed by atoms with Gasteiger partial charge in [0.15, 0.2) is 0 Å². The molecule has 0 aliphatic carbocycles. The smallest absolute Gasteiger partial charge is 0.344 e. The summed E-state index contributed by atoms with van der Waals surface area (Å²) < 4.78 is 4.79. The molecule has 2 aromatic rings. The monoisotopic (exact) mass is 405 g/mol. The molecule has 1 aliphatic heterocycles. The highest BCUT2D eigenvalue weighted by atomic mass is 35.5. The van der Waals surface area contributed by atoms with Gasteiger partial charge in [-0.3, -0.25) is 0 Å². The van der Waals surface area contributed by atoms with Gasteiger partial charge in [0.2, 0.25) is 0 Å². The van der Waals surface area contributed by atoms with E-state index in [2.05, 4.69) is 4.99 Å². The van der Waals surface area contributed by atoms with Crippen molar-refractivity contribution in [3.05, 3.63) is 80.4 Å². The van der Waals surface area contributed by atoms with Crippen LogP contribution >= 0.6 is 35.0 Å². The molecule has 1 heterocycles. The first-order chi connectivity index (χ1) is 12.5. The van der Waals surface area contributed by atoms with Crippen LogP contribution in [0, 0.1) is 0 Å². The molecule has 0 fully saturated rings. The van der Waals surface area contributed by atoms with Crippen LogP contribution < -0.4 is 0 Å². The number of thioether (sulfide) groups is 1. The summed E-state index contributed by atoms with van der Waals surface area (Å²) in [6.07, 6.45) is 1.71. The number of aliphatic hydroxyl groups excluding tert-OH is 1. The normalized spacial score (nSPS) is 17.2. The van der Waals surface area contributed by atoms with Gasteiger partial charge >= 0.3 is 5.97 Å². The van der Waals surface area contributed by atoms with Crippen LogP contribution in [0.5, 0.6) is 0 Å². The number of carbonyl (C=O) groups excluding carboxylic acids is 1. The highest BCUT2D eigenvalue weighted by Crippen LogP contribution is 2.40. The third kappa shape index (κ3) is 3.96. The number of nitrogens with zero attached hydrogens (tertiary/aromatic N) is 1. The summed E-state index contributed by atoms with van der Waals surface area (Å²) in [7, 11) is 1.26. The minimum atomic E-state index is -0.651. The summed E-state index contributed by atoms with van der Waals surface area (Å²) >= 11 is 13.1. The third-order valence-corrected chi connectivity index (χ3v) is 5.27. The van der Waals surface area contributed by atoms with Gasteiger partial charge in [0.1, 0.15) is 16.4 Å². The number of benzene rings is 2. The first-order valence-corrected chi connectivity index (χ1v) is 9.07. The Morgan fingerprint density at radius 1 is 1.15 bits per heavy atom. The zero-order chi connectivity index (χ0) is 18.7. The van der Waals surface area contributed by atoms with Crippen molar-refractivity contribution in [3.63, 3.8) is 0 Å². The van der Waals surface area contributed by atoms with Gasteiger partial charge in [-0.15, -0.1) is 0 Å². The number of para-hydroxylation sites is 1. The van der Waals surface area contributed by atoms with Crippen molar-refractivity contribution >= 4 is 57.7 Å². The van der Waals surface area contributed by atoms with Crippen LogP contribution in [0.4, 0.5) is 5.69 Å². The van der Waals surface area contributed by atoms with E-state index in [1.807, 2.05) is 18.2 Å². The number of aliphatic imine (C=N–C) groups is 1. The number of halogens is 2. The standard InChI is InChI=1S/C19H13Cl2NO3S/c1-25-19(24)16-17(23)15(10-11-7-8-13(20)14(21)9-11)26-18(16)22-12-5-3-2-4-6-12/h2-10,23H,1H3. The lowest BCUT2D eigenvalue weighted by molar-refractivity contribution is -0.135. The van der Waals surface area contributed by atoms with Crippen LogP contribution in [0.15, 0.2) is 69.8 Å². The van der Waals surface area contributed by atoms with Crippen molar-refractivity contribution in [1.82, 2.24) is 0 Å². The summed E-state index contributed by atoms with van der Waals surface area (Å²) in [5.41, 5.74) is 1.44. The van der Waals surface area contributed by atoms with Crippen molar-refractivity contribution < 1.29 is 14.6 Å². The Kier molecular flexibility index (Phi) is 5.71. The van der Waals surface area contributed by atoms with Crippen molar-refractivity contribution in [1.29, 1.82) is 0 Å². The van der Waals surface area contributed by atoms with Gasteiger partial charge in [-0.05, 0) is 35.9 Å². The van der Waals surface area contributed by atoms with Crippen LogP contribution in [0.3, 0.4) is 0 Å². The summed E-state index contributed by atoms with van der Waals surface area (Å²) in [4.78, 5) is 17.0. The molecular weight excluding hydrogens is 393 g/mol. The SMILES string of the molecule is COC(=O)C1=C(O)C(=Cc2ccc(Cl)c(Cl)c2)SC1=Nc1ccccc1. The lowest BCUT2D eigenvalue weighted by Crippen LogP contribution is -2.10. The number of ether oxygens (including phenoxy) is 1. The maximum absolute atomic E-state index is 12.1. The van der Waals surface area contributed by atoms with Gasteiger partial charge < -0.3 is 9.84 Å².